The zero-order valence-corrected chi connectivity index (χ0v) is 10.8. The van der Waals surface area contributed by atoms with Crippen LogP contribution in [0.4, 0.5) is 0 Å². The predicted octanol–water partition coefficient (Wildman–Crippen LogP) is 3.85. The van der Waals surface area contributed by atoms with Crippen LogP contribution in [0.15, 0.2) is 0 Å². The maximum atomic E-state index is 9.27. The van der Waals surface area contributed by atoms with Gasteiger partial charge in [-0.3, -0.25) is 0 Å². The summed E-state index contributed by atoms with van der Waals surface area (Å²) in [6.07, 6.45) is 8.00. The highest BCUT2D eigenvalue weighted by atomic mass is 32.2. The Morgan fingerprint density at radius 3 is 2.14 bits per heavy atom. The van der Waals surface area contributed by atoms with Crippen LogP contribution in [0.5, 0.6) is 0 Å². The third-order valence-electron chi connectivity index (χ3n) is 2.56. The fraction of sp³-hybridized carbons (Fsp3) is 1.00. The SMILES string of the molecule is CCCCCCCCSC(C)C(C)O. The minimum absolute atomic E-state index is 0.167. The Kier molecular flexibility index (Phi) is 10.1. The van der Waals surface area contributed by atoms with E-state index in [2.05, 4.69) is 13.8 Å². The lowest BCUT2D eigenvalue weighted by molar-refractivity contribution is 0.196. The zero-order valence-electron chi connectivity index (χ0n) is 9.96. The lowest BCUT2D eigenvalue weighted by Crippen LogP contribution is -2.15. The molecule has 2 unspecified atom stereocenters. The van der Waals surface area contributed by atoms with Crippen LogP contribution in [0.2, 0.25) is 0 Å². The van der Waals surface area contributed by atoms with E-state index in [-0.39, 0.29) is 6.10 Å². The van der Waals surface area contributed by atoms with Gasteiger partial charge in [0.15, 0.2) is 0 Å². The standard InChI is InChI=1S/C12H26OS/c1-4-5-6-7-8-9-10-14-12(3)11(2)13/h11-13H,4-10H2,1-3H3. The van der Waals surface area contributed by atoms with Gasteiger partial charge in [0.05, 0.1) is 6.10 Å². The molecule has 1 nitrogen and oxygen atoms in total. The summed E-state index contributed by atoms with van der Waals surface area (Å²) in [6.45, 7) is 6.23. The van der Waals surface area contributed by atoms with Crippen LogP contribution in [0.1, 0.15) is 59.3 Å². The highest BCUT2D eigenvalue weighted by Crippen LogP contribution is 2.16. The monoisotopic (exact) mass is 218 g/mol. The molecule has 14 heavy (non-hydrogen) atoms. The van der Waals surface area contributed by atoms with Crippen molar-refractivity contribution in [2.75, 3.05) is 5.75 Å². The second-order valence-corrected chi connectivity index (χ2v) is 5.57. The lowest BCUT2D eigenvalue weighted by Gasteiger charge is -2.13. The van der Waals surface area contributed by atoms with Crippen LogP contribution < -0.4 is 0 Å². The summed E-state index contributed by atoms with van der Waals surface area (Å²) in [5.41, 5.74) is 0. The van der Waals surface area contributed by atoms with E-state index in [1.165, 1.54) is 44.3 Å². The summed E-state index contributed by atoms with van der Waals surface area (Å²) in [4.78, 5) is 0. The third kappa shape index (κ3) is 8.89. The van der Waals surface area contributed by atoms with Crippen LogP contribution in [-0.2, 0) is 0 Å². The third-order valence-corrected chi connectivity index (χ3v) is 4.00. The van der Waals surface area contributed by atoms with Crippen LogP contribution in [0, 0.1) is 0 Å². The number of thioether (sulfide) groups is 1. The molecular weight excluding hydrogens is 192 g/mol. The van der Waals surface area contributed by atoms with Crippen LogP contribution in [0.25, 0.3) is 0 Å². The highest BCUT2D eigenvalue weighted by Gasteiger charge is 2.07. The molecule has 0 aliphatic rings. The van der Waals surface area contributed by atoms with Gasteiger partial charge in [-0.1, -0.05) is 46.0 Å². The molecule has 0 spiro atoms. The van der Waals surface area contributed by atoms with E-state index in [1.807, 2.05) is 18.7 Å². The minimum Gasteiger partial charge on any atom is -0.392 e. The molecule has 86 valence electrons. The molecule has 0 aromatic carbocycles. The molecule has 0 aliphatic carbocycles. The number of aliphatic hydroxyl groups excluding tert-OH is 1. The van der Waals surface area contributed by atoms with Gasteiger partial charge in [-0.25, -0.2) is 0 Å². The van der Waals surface area contributed by atoms with Crippen LogP contribution >= 0.6 is 11.8 Å². The molecule has 0 rings (SSSR count). The van der Waals surface area contributed by atoms with Crippen molar-refractivity contribution >= 4 is 11.8 Å². The van der Waals surface area contributed by atoms with Gasteiger partial charge >= 0.3 is 0 Å². The molecule has 0 amide bonds. The normalized spacial score (nSPS) is 15.4. The van der Waals surface area contributed by atoms with Gasteiger partial charge in [-0.05, 0) is 19.1 Å². The molecule has 0 saturated heterocycles. The topological polar surface area (TPSA) is 20.2 Å². The van der Waals surface area contributed by atoms with Gasteiger partial charge < -0.3 is 5.11 Å². The molecule has 2 heteroatoms. The molecule has 1 N–H and O–H groups in total. The average molecular weight is 218 g/mol. The first-order valence-electron chi connectivity index (χ1n) is 5.98. The first kappa shape index (κ1) is 14.3. The summed E-state index contributed by atoms with van der Waals surface area (Å²) in [7, 11) is 0. The Morgan fingerprint density at radius 2 is 1.57 bits per heavy atom. The maximum absolute atomic E-state index is 9.27. The van der Waals surface area contributed by atoms with Gasteiger partial charge in [-0.2, -0.15) is 11.8 Å². The van der Waals surface area contributed by atoms with Gasteiger partial charge in [0.2, 0.25) is 0 Å². The van der Waals surface area contributed by atoms with Gasteiger partial charge in [0.1, 0.15) is 0 Å². The number of hydrogen-bond acceptors (Lipinski definition) is 2. The quantitative estimate of drug-likeness (QED) is 0.593. The number of rotatable bonds is 9. The number of hydrogen-bond donors (Lipinski definition) is 1. The van der Waals surface area contributed by atoms with Gasteiger partial charge in [-0.15, -0.1) is 0 Å². The maximum Gasteiger partial charge on any atom is 0.0627 e. The van der Waals surface area contributed by atoms with Gasteiger partial charge in [0, 0.05) is 5.25 Å². The summed E-state index contributed by atoms with van der Waals surface area (Å²) in [6, 6.07) is 0. The molecule has 2 atom stereocenters. The van der Waals surface area contributed by atoms with E-state index >= 15 is 0 Å². The second kappa shape index (κ2) is 9.85. The molecule has 0 aliphatic heterocycles. The first-order valence-corrected chi connectivity index (χ1v) is 7.03. The highest BCUT2D eigenvalue weighted by molar-refractivity contribution is 7.99. The summed E-state index contributed by atoms with van der Waals surface area (Å²) in [5, 5.41) is 9.67. The lowest BCUT2D eigenvalue weighted by atomic mass is 10.1. The Balaban J connectivity index is 3.06. The van der Waals surface area contributed by atoms with Crippen molar-refractivity contribution in [1.82, 2.24) is 0 Å². The molecule has 0 aromatic heterocycles. The smallest absolute Gasteiger partial charge is 0.0627 e. The summed E-state index contributed by atoms with van der Waals surface area (Å²) in [5.74, 6) is 1.21. The molecule has 0 aromatic rings. The fourth-order valence-electron chi connectivity index (χ4n) is 1.29. The zero-order chi connectivity index (χ0) is 10.8. The van der Waals surface area contributed by atoms with E-state index in [9.17, 15) is 5.11 Å². The molecule has 0 heterocycles. The second-order valence-electron chi connectivity index (χ2n) is 4.08. The van der Waals surface area contributed by atoms with Gasteiger partial charge in [0.25, 0.3) is 0 Å². The van der Waals surface area contributed by atoms with E-state index in [0.29, 0.717) is 5.25 Å². The Labute approximate surface area is 93.7 Å². The Morgan fingerprint density at radius 1 is 1.00 bits per heavy atom. The molecule has 0 fully saturated rings. The van der Waals surface area contributed by atoms with E-state index in [1.54, 1.807) is 0 Å². The number of aliphatic hydroxyl groups is 1. The Hall–Kier alpha value is 0.310. The van der Waals surface area contributed by atoms with Crippen molar-refractivity contribution in [3.63, 3.8) is 0 Å². The molecule has 0 bridgehead atoms. The van der Waals surface area contributed by atoms with Crippen LogP contribution in [0.3, 0.4) is 0 Å². The fourth-order valence-corrected chi connectivity index (χ4v) is 2.31. The molecule has 0 radical (unpaired) electrons. The Bertz CT molecular complexity index is 115. The van der Waals surface area contributed by atoms with Crippen molar-refractivity contribution in [3.8, 4) is 0 Å². The predicted molar refractivity (Wildman–Crippen MR) is 67.0 cm³/mol. The number of unbranched alkanes of at least 4 members (excludes halogenated alkanes) is 5. The summed E-state index contributed by atoms with van der Waals surface area (Å²) < 4.78 is 0. The summed E-state index contributed by atoms with van der Waals surface area (Å²) >= 11 is 1.90. The van der Waals surface area contributed by atoms with Crippen molar-refractivity contribution in [1.29, 1.82) is 0 Å². The molecular formula is C12H26OS. The molecule has 0 saturated carbocycles. The van der Waals surface area contributed by atoms with Crippen molar-refractivity contribution in [2.24, 2.45) is 0 Å². The van der Waals surface area contributed by atoms with Crippen molar-refractivity contribution in [2.45, 2.75) is 70.7 Å². The minimum atomic E-state index is -0.167. The van der Waals surface area contributed by atoms with E-state index < -0.39 is 0 Å². The first-order chi connectivity index (χ1) is 6.68. The largest absolute Gasteiger partial charge is 0.392 e. The van der Waals surface area contributed by atoms with Crippen LogP contribution in [-0.4, -0.2) is 22.2 Å². The van der Waals surface area contributed by atoms with E-state index in [0.717, 1.165) is 0 Å². The van der Waals surface area contributed by atoms with Crippen molar-refractivity contribution in [3.05, 3.63) is 0 Å². The van der Waals surface area contributed by atoms with E-state index in [4.69, 9.17) is 0 Å². The average Bonchev–Trinajstić information content (AvgIpc) is 2.16. The van der Waals surface area contributed by atoms with Crippen molar-refractivity contribution < 1.29 is 5.11 Å².